The minimum Gasteiger partial charge on any atom is -0.375 e. The van der Waals surface area contributed by atoms with Gasteiger partial charge >= 0.3 is 0 Å². The summed E-state index contributed by atoms with van der Waals surface area (Å²) in [6.45, 7) is 4.59. The maximum absolute atomic E-state index is 5.74. The van der Waals surface area contributed by atoms with Gasteiger partial charge in [-0.25, -0.2) is 4.98 Å². The molecule has 0 saturated carbocycles. The van der Waals surface area contributed by atoms with Gasteiger partial charge in [0.2, 0.25) is 0 Å². The second kappa shape index (κ2) is 3.54. The number of anilines is 1. The molecule has 2 rings (SSSR count). The van der Waals surface area contributed by atoms with Gasteiger partial charge in [-0.15, -0.1) is 11.3 Å². The van der Waals surface area contributed by atoms with E-state index in [9.17, 15) is 0 Å². The second-order valence-electron chi connectivity index (χ2n) is 4.31. The molecule has 14 heavy (non-hydrogen) atoms. The molecule has 1 aliphatic rings. The Morgan fingerprint density at radius 3 is 2.79 bits per heavy atom. The molecular weight excluding hydrogens is 192 g/mol. The first-order valence-corrected chi connectivity index (χ1v) is 6.25. The fourth-order valence-corrected chi connectivity index (χ4v) is 3.26. The normalized spacial score (nSPS) is 19.3. The highest BCUT2D eigenvalue weighted by Gasteiger charge is 2.32. The summed E-state index contributed by atoms with van der Waals surface area (Å²) in [7, 11) is 0. The number of fused-ring (bicyclic) bond motifs is 1. The summed E-state index contributed by atoms with van der Waals surface area (Å²) in [5.74, 6) is 0. The number of rotatable bonds is 2. The molecule has 0 atom stereocenters. The van der Waals surface area contributed by atoms with Crippen molar-refractivity contribution in [2.45, 2.75) is 46.0 Å². The van der Waals surface area contributed by atoms with Crippen molar-refractivity contribution in [3.8, 4) is 0 Å². The van der Waals surface area contributed by atoms with Crippen LogP contribution in [0.25, 0.3) is 0 Å². The zero-order valence-corrected chi connectivity index (χ0v) is 9.78. The molecule has 0 unspecified atom stereocenters. The Morgan fingerprint density at radius 2 is 2.14 bits per heavy atom. The lowest BCUT2D eigenvalue weighted by molar-refractivity contribution is 0.223. The van der Waals surface area contributed by atoms with Gasteiger partial charge in [-0.2, -0.15) is 0 Å². The molecule has 0 amide bonds. The molecule has 0 fully saturated rings. The Morgan fingerprint density at radius 1 is 1.43 bits per heavy atom. The highest BCUT2D eigenvalue weighted by atomic mass is 32.1. The quantitative estimate of drug-likeness (QED) is 0.815. The molecule has 2 N–H and O–H groups in total. The van der Waals surface area contributed by atoms with Crippen molar-refractivity contribution in [2.75, 3.05) is 5.73 Å². The van der Waals surface area contributed by atoms with Crippen LogP contribution in [0.2, 0.25) is 0 Å². The SMILES string of the molecule is CCC1(CC)CCc2sc(N)nc2C1. The van der Waals surface area contributed by atoms with Crippen LogP contribution >= 0.6 is 11.3 Å². The maximum atomic E-state index is 5.74. The Balaban J connectivity index is 2.27. The topological polar surface area (TPSA) is 38.9 Å². The summed E-state index contributed by atoms with van der Waals surface area (Å²) >= 11 is 1.68. The van der Waals surface area contributed by atoms with Crippen molar-refractivity contribution in [3.63, 3.8) is 0 Å². The van der Waals surface area contributed by atoms with Crippen molar-refractivity contribution >= 4 is 16.5 Å². The first-order chi connectivity index (χ1) is 6.69. The summed E-state index contributed by atoms with van der Waals surface area (Å²) < 4.78 is 0. The fraction of sp³-hybridized carbons (Fsp3) is 0.727. The summed E-state index contributed by atoms with van der Waals surface area (Å²) in [6, 6.07) is 0. The van der Waals surface area contributed by atoms with E-state index in [1.54, 1.807) is 11.3 Å². The van der Waals surface area contributed by atoms with Crippen LogP contribution in [-0.4, -0.2) is 4.98 Å². The van der Waals surface area contributed by atoms with Crippen LogP contribution in [0.3, 0.4) is 0 Å². The third-order valence-corrected chi connectivity index (χ3v) is 4.71. The number of hydrogen-bond acceptors (Lipinski definition) is 3. The molecule has 0 spiro atoms. The average molecular weight is 210 g/mol. The summed E-state index contributed by atoms with van der Waals surface area (Å²) in [5, 5.41) is 0.748. The standard InChI is InChI=1S/C11H18N2S/c1-3-11(4-2)6-5-9-8(7-11)13-10(12)14-9/h3-7H2,1-2H3,(H2,12,13). The lowest BCUT2D eigenvalue weighted by Crippen LogP contribution is -2.27. The molecule has 0 aliphatic heterocycles. The zero-order chi connectivity index (χ0) is 10.2. The van der Waals surface area contributed by atoms with Crippen LogP contribution in [-0.2, 0) is 12.8 Å². The van der Waals surface area contributed by atoms with Gasteiger partial charge in [-0.1, -0.05) is 26.7 Å². The molecule has 0 radical (unpaired) electrons. The molecule has 1 aromatic heterocycles. The van der Waals surface area contributed by atoms with Gasteiger partial charge < -0.3 is 5.73 Å². The zero-order valence-electron chi connectivity index (χ0n) is 8.97. The van der Waals surface area contributed by atoms with Gasteiger partial charge in [0.25, 0.3) is 0 Å². The van der Waals surface area contributed by atoms with Crippen molar-refractivity contribution in [1.29, 1.82) is 0 Å². The maximum Gasteiger partial charge on any atom is 0.180 e. The van der Waals surface area contributed by atoms with Crippen molar-refractivity contribution in [3.05, 3.63) is 10.6 Å². The van der Waals surface area contributed by atoms with Gasteiger partial charge in [-0.05, 0) is 24.7 Å². The van der Waals surface area contributed by atoms with Crippen molar-refractivity contribution in [1.82, 2.24) is 4.98 Å². The number of aromatic nitrogens is 1. The van der Waals surface area contributed by atoms with Crippen LogP contribution in [0, 0.1) is 5.41 Å². The molecule has 2 nitrogen and oxygen atoms in total. The van der Waals surface area contributed by atoms with Crippen molar-refractivity contribution < 1.29 is 0 Å². The van der Waals surface area contributed by atoms with Crippen LogP contribution in [0.15, 0.2) is 0 Å². The monoisotopic (exact) mass is 210 g/mol. The minimum atomic E-state index is 0.507. The Bertz CT molecular complexity index is 326. The Kier molecular flexibility index (Phi) is 2.52. The molecule has 0 aromatic carbocycles. The smallest absolute Gasteiger partial charge is 0.180 e. The van der Waals surface area contributed by atoms with E-state index in [-0.39, 0.29) is 0 Å². The minimum absolute atomic E-state index is 0.507. The molecular formula is C11H18N2S. The van der Waals surface area contributed by atoms with E-state index >= 15 is 0 Å². The predicted octanol–water partition coefficient (Wildman–Crippen LogP) is 3.02. The highest BCUT2D eigenvalue weighted by molar-refractivity contribution is 7.15. The molecule has 0 bridgehead atoms. The summed E-state index contributed by atoms with van der Waals surface area (Å²) in [4.78, 5) is 5.87. The van der Waals surface area contributed by atoms with Gasteiger partial charge in [0.15, 0.2) is 5.13 Å². The van der Waals surface area contributed by atoms with Crippen molar-refractivity contribution in [2.24, 2.45) is 5.41 Å². The molecule has 1 aliphatic carbocycles. The summed E-state index contributed by atoms with van der Waals surface area (Å²) in [5.41, 5.74) is 7.52. The predicted molar refractivity (Wildman–Crippen MR) is 61.6 cm³/mol. The van der Waals surface area contributed by atoms with E-state index in [1.807, 2.05) is 0 Å². The first-order valence-electron chi connectivity index (χ1n) is 5.43. The number of thiazole rings is 1. The van der Waals surface area contributed by atoms with Crippen LogP contribution in [0.4, 0.5) is 5.13 Å². The first kappa shape index (κ1) is 9.97. The third kappa shape index (κ3) is 1.54. The van der Waals surface area contributed by atoms with Gasteiger partial charge in [0.05, 0.1) is 5.69 Å². The number of nitrogens with zero attached hydrogens (tertiary/aromatic N) is 1. The summed E-state index contributed by atoms with van der Waals surface area (Å²) in [6.07, 6.45) is 6.17. The van der Waals surface area contributed by atoms with E-state index in [0.29, 0.717) is 5.41 Å². The van der Waals surface area contributed by atoms with Gasteiger partial charge in [-0.3, -0.25) is 0 Å². The molecule has 1 aromatic rings. The number of nitrogens with two attached hydrogens (primary N) is 1. The molecule has 78 valence electrons. The largest absolute Gasteiger partial charge is 0.375 e. The van der Waals surface area contributed by atoms with Crippen LogP contribution < -0.4 is 5.73 Å². The highest BCUT2D eigenvalue weighted by Crippen LogP contribution is 2.42. The molecule has 1 heterocycles. The second-order valence-corrected chi connectivity index (χ2v) is 5.42. The number of aryl methyl sites for hydroxylation is 1. The lowest BCUT2D eigenvalue weighted by Gasteiger charge is -2.34. The van der Waals surface area contributed by atoms with E-state index in [4.69, 9.17) is 5.73 Å². The van der Waals surface area contributed by atoms with E-state index in [2.05, 4.69) is 18.8 Å². The fourth-order valence-electron chi connectivity index (χ4n) is 2.41. The van der Waals surface area contributed by atoms with Crippen LogP contribution in [0.5, 0.6) is 0 Å². The Labute approximate surface area is 89.5 Å². The van der Waals surface area contributed by atoms with E-state index < -0.39 is 0 Å². The van der Waals surface area contributed by atoms with Gasteiger partial charge in [0.1, 0.15) is 0 Å². The van der Waals surface area contributed by atoms with E-state index in [1.165, 1.54) is 36.3 Å². The Hall–Kier alpha value is -0.570. The number of nitrogen functional groups attached to an aromatic ring is 1. The van der Waals surface area contributed by atoms with E-state index in [0.717, 1.165) is 11.6 Å². The lowest BCUT2D eigenvalue weighted by atomic mass is 9.71. The molecule has 0 saturated heterocycles. The number of hydrogen-bond donors (Lipinski definition) is 1. The van der Waals surface area contributed by atoms with Crippen LogP contribution in [0.1, 0.15) is 43.7 Å². The average Bonchev–Trinajstić information content (AvgIpc) is 2.56. The third-order valence-electron chi connectivity index (χ3n) is 3.72. The van der Waals surface area contributed by atoms with Gasteiger partial charge in [0, 0.05) is 4.88 Å². The molecule has 3 heteroatoms.